The van der Waals surface area contributed by atoms with E-state index in [4.69, 9.17) is 0 Å². The summed E-state index contributed by atoms with van der Waals surface area (Å²) in [5.74, 6) is 0. The van der Waals surface area contributed by atoms with Gasteiger partial charge in [0.05, 0.1) is 0 Å². The van der Waals surface area contributed by atoms with Crippen molar-refractivity contribution in [3.8, 4) is 0 Å². The van der Waals surface area contributed by atoms with Crippen molar-refractivity contribution >= 4 is 0 Å². The number of hydrogen-bond acceptors (Lipinski definition) is 0. The Labute approximate surface area is 170 Å². The van der Waals surface area contributed by atoms with Crippen molar-refractivity contribution < 1.29 is 39.4 Å². The summed E-state index contributed by atoms with van der Waals surface area (Å²) in [4.78, 5) is 0. The van der Waals surface area contributed by atoms with E-state index in [1.165, 1.54) is 89.9 Å². The molecule has 0 saturated heterocycles. The van der Waals surface area contributed by atoms with Crippen LogP contribution in [0.2, 0.25) is 0 Å². The van der Waals surface area contributed by atoms with Gasteiger partial charge in [0.15, 0.2) is 0 Å². The standard InChI is InChI=1S/C17H35.2CH3.Ag.BrH.H3N/c1-3-5-7-9-11-13-15-17-16-14-12-10-8-6-4-2;;;;;/h1,3-17H2,2H3;2*1H3;;1H;1H3/q3*-1;;;. The summed E-state index contributed by atoms with van der Waals surface area (Å²) < 4.78 is 0. The fourth-order valence-electron chi connectivity index (χ4n) is 2.37. The van der Waals surface area contributed by atoms with Crippen LogP contribution in [0.3, 0.4) is 0 Å². The van der Waals surface area contributed by atoms with E-state index >= 15 is 0 Å². The molecule has 0 bridgehead atoms. The van der Waals surface area contributed by atoms with Gasteiger partial charge in [-0.2, -0.15) is 6.42 Å². The van der Waals surface area contributed by atoms with Crippen LogP contribution in [0, 0.1) is 21.8 Å². The number of rotatable bonds is 14. The first kappa shape index (κ1) is 38.6. The molecule has 1 radical (unpaired) electrons. The van der Waals surface area contributed by atoms with Crippen LogP contribution in [0.5, 0.6) is 0 Å². The van der Waals surface area contributed by atoms with Gasteiger partial charge < -0.3 is 44.9 Å². The Morgan fingerprint density at radius 1 is 0.545 bits per heavy atom. The fourth-order valence-corrected chi connectivity index (χ4v) is 2.37. The van der Waals surface area contributed by atoms with Gasteiger partial charge in [-0.25, -0.2) is 0 Å². The van der Waals surface area contributed by atoms with Gasteiger partial charge in [0.25, 0.3) is 0 Å². The first-order valence-electron chi connectivity index (χ1n) is 8.21. The minimum absolute atomic E-state index is 0. The molecule has 1 nitrogen and oxygen atoms in total. The van der Waals surface area contributed by atoms with E-state index in [-0.39, 0.29) is 60.4 Å². The van der Waals surface area contributed by atoms with Crippen LogP contribution in [-0.4, -0.2) is 0 Å². The summed E-state index contributed by atoms with van der Waals surface area (Å²) in [6.07, 6.45) is 21.3. The number of unbranched alkanes of at least 4 members (excludes halogenated alkanes) is 14. The zero-order valence-corrected chi connectivity index (χ0v) is 19.1. The first-order valence-corrected chi connectivity index (χ1v) is 8.21. The van der Waals surface area contributed by atoms with Crippen LogP contribution in [0.1, 0.15) is 103 Å². The summed E-state index contributed by atoms with van der Waals surface area (Å²) in [6, 6.07) is 0. The average molecular weight is 475 g/mol. The van der Waals surface area contributed by atoms with Crippen molar-refractivity contribution in [1.82, 2.24) is 6.15 Å². The van der Waals surface area contributed by atoms with Gasteiger partial charge in [0.1, 0.15) is 0 Å². The van der Waals surface area contributed by atoms with Gasteiger partial charge in [-0.05, 0) is 0 Å². The van der Waals surface area contributed by atoms with E-state index in [1.807, 2.05) is 0 Å². The third-order valence-corrected chi connectivity index (χ3v) is 3.60. The molecule has 0 aromatic carbocycles. The largest absolute Gasteiger partial charge is 1.00 e. The molecule has 0 saturated carbocycles. The third kappa shape index (κ3) is 37.4. The predicted molar refractivity (Wildman–Crippen MR) is 99.1 cm³/mol. The third-order valence-electron chi connectivity index (χ3n) is 3.60. The molecule has 0 fully saturated rings. The summed E-state index contributed by atoms with van der Waals surface area (Å²) in [7, 11) is 0. The zero-order chi connectivity index (χ0) is 12.6. The van der Waals surface area contributed by atoms with Gasteiger partial charge in [-0.15, -0.1) is 0 Å². The number of hydrogen-bond donors (Lipinski definition) is 1. The van der Waals surface area contributed by atoms with Crippen LogP contribution in [0.15, 0.2) is 0 Å². The average Bonchev–Trinajstić information content (AvgIpc) is 2.35. The molecule has 0 unspecified atom stereocenters. The molecule has 0 atom stereocenters. The Balaban J connectivity index is -0.000000128. The Hall–Kier alpha value is 1.18. The molecule has 0 rings (SSSR count). The SMILES string of the molecule is [Ag].[Br-].[CH2-]CCCCCCCCCCCCCCCC.[CH3-].[CH3-].[NH4+]. The molecule has 147 valence electrons. The van der Waals surface area contributed by atoms with Gasteiger partial charge in [0.2, 0.25) is 0 Å². The van der Waals surface area contributed by atoms with Gasteiger partial charge in [-0.3, -0.25) is 0 Å². The van der Waals surface area contributed by atoms with E-state index in [1.54, 1.807) is 0 Å². The maximum absolute atomic E-state index is 3.88. The van der Waals surface area contributed by atoms with Crippen LogP contribution in [0.25, 0.3) is 0 Å². The normalized spacial score (nSPS) is 8.45. The minimum atomic E-state index is 0. The molecule has 0 aromatic rings. The second kappa shape index (κ2) is 38.0. The maximum Gasteiger partial charge on any atom is 0 e. The molecular weight excluding hydrogens is 430 g/mol. The smallest absolute Gasteiger partial charge is 0 e. The molecule has 0 aliphatic heterocycles. The van der Waals surface area contributed by atoms with Crippen molar-refractivity contribution in [1.29, 1.82) is 0 Å². The summed E-state index contributed by atoms with van der Waals surface area (Å²) in [5, 5.41) is 0. The second-order valence-electron chi connectivity index (χ2n) is 5.45. The van der Waals surface area contributed by atoms with Crippen molar-refractivity contribution in [2.45, 2.75) is 103 Å². The topological polar surface area (TPSA) is 36.5 Å². The van der Waals surface area contributed by atoms with Gasteiger partial charge in [0, 0.05) is 22.4 Å². The van der Waals surface area contributed by atoms with E-state index in [2.05, 4.69) is 13.8 Å². The van der Waals surface area contributed by atoms with Crippen LogP contribution in [-0.2, 0) is 22.4 Å². The van der Waals surface area contributed by atoms with Gasteiger partial charge in [-0.1, -0.05) is 96.8 Å². The van der Waals surface area contributed by atoms with Crippen LogP contribution < -0.4 is 23.1 Å². The molecule has 0 spiro atoms. The Kier molecular flexibility index (Phi) is 66.7. The first-order chi connectivity index (χ1) is 8.41. The molecule has 0 amide bonds. The number of quaternary nitrogens is 1. The van der Waals surface area contributed by atoms with Crippen molar-refractivity contribution in [3.05, 3.63) is 21.8 Å². The van der Waals surface area contributed by atoms with Crippen LogP contribution in [0.4, 0.5) is 0 Å². The van der Waals surface area contributed by atoms with Gasteiger partial charge >= 0.3 is 0 Å². The predicted octanol–water partition coefficient (Wildman–Crippen LogP) is 4.97. The molecule has 0 aliphatic carbocycles. The van der Waals surface area contributed by atoms with Crippen LogP contribution >= 0.6 is 0 Å². The Morgan fingerprint density at radius 3 is 1.00 bits per heavy atom. The molecule has 0 aliphatic rings. The minimum Gasteiger partial charge on any atom is -1.00 e. The van der Waals surface area contributed by atoms with E-state index in [0.29, 0.717) is 0 Å². The summed E-state index contributed by atoms with van der Waals surface area (Å²) >= 11 is 0. The molecular formula is C19H45AgBrN-3. The molecule has 4 N–H and O–H groups in total. The Bertz CT molecular complexity index is 121. The zero-order valence-electron chi connectivity index (χ0n) is 16.0. The van der Waals surface area contributed by atoms with Crippen molar-refractivity contribution in [3.63, 3.8) is 0 Å². The molecule has 22 heavy (non-hydrogen) atoms. The van der Waals surface area contributed by atoms with Crippen molar-refractivity contribution in [2.24, 2.45) is 0 Å². The monoisotopic (exact) mass is 473 g/mol. The molecule has 3 heteroatoms. The Morgan fingerprint density at radius 2 is 0.773 bits per heavy atom. The molecule has 0 aromatic heterocycles. The van der Waals surface area contributed by atoms with Crippen molar-refractivity contribution in [2.75, 3.05) is 0 Å². The molecule has 0 heterocycles. The fraction of sp³-hybridized carbons (Fsp3) is 0.842. The van der Waals surface area contributed by atoms with E-state index in [9.17, 15) is 0 Å². The maximum atomic E-state index is 3.88. The van der Waals surface area contributed by atoms with E-state index in [0.717, 1.165) is 6.42 Å². The second-order valence-corrected chi connectivity index (χ2v) is 5.45. The quantitative estimate of drug-likeness (QED) is 0.209. The van der Waals surface area contributed by atoms with E-state index < -0.39 is 0 Å². The number of halogens is 1. The summed E-state index contributed by atoms with van der Waals surface area (Å²) in [5.41, 5.74) is 0. The summed E-state index contributed by atoms with van der Waals surface area (Å²) in [6.45, 7) is 6.17.